The fourth-order valence-corrected chi connectivity index (χ4v) is 3.65. The Morgan fingerprint density at radius 1 is 1.24 bits per heavy atom. The van der Waals surface area contributed by atoms with Gasteiger partial charge in [-0.2, -0.15) is 10.2 Å². The van der Waals surface area contributed by atoms with Crippen molar-refractivity contribution in [3.63, 3.8) is 0 Å². The van der Waals surface area contributed by atoms with E-state index in [1.807, 2.05) is 36.3 Å². The number of nitrogens with zero attached hydrogens (tertiary/aromatic N) is 7. The normalized spacial score (nSPS) is 15.7. The third kappa shape index (κ3) is 4.46. The summed E-state index contributed by atoms with van der Waals surface area (Å²) in [4.78, 5) is 11.2. The predicted octanol–water partition coefficient (Wildman–Crippen LogP) is 1.72. The average molecular weight is 396 g/mol. The zero-order valence-corrected chi connectivity index (χ0v) is 17.0. The first-order valence-electron chi connectivity index (χ1n) is 10.1. The van der Waals surface area contributed by atoms with Gasteiger partial charge in [-0.05, 0) is 25.0 Å². The molecule has 0 saturated heterocycles. The smallest absolute Gasteiger partial charge is 0.222 e. The monoisotopic (exact) mass is 396 g/mol. The van der Waals surface area contributed by atoms with Crippen molar-refractivity contribution in [1.82, 2.24) is 34.4 Å². The summed E-state index contributed by atoms with van der Waals surface area (Å²) in [6, 6.07) is 3.82. The Morgan fingerprint density at radius 2 is 2.07 bits per heavy atom. The van der Waals surface area contributed by atoms with Crippen molar-refractivity contribution in [2.75, 3.05) is 18.4 Å². The molecule has 0 unspecified atom stereocenters. The van der Waals surface area contributed by atoms with E-state index in [0.717, 1.165) is 62.5 Å². The van der Waals surface area contributed by atoms with E-state index in [1.54, 1.807) is 10.9 Å². The van der Waals surface area contributed by atoms with Gasteiger partial charge in [-0.15, -0.1) is 0 Å². The number of hydrogen-bond donors (Lipinski definition) is 2. The molecule has 4 rings (SSSR count). The van der Waals surface area contributed by atoms with Crippen molar-refractivity contribution < 1.29 is 5.11 Å². The number of aliphatic hydroxyl groups excluding tert-OH is 1. The van der Waals surface area contributed by atoms with E-state index in [0.29, 0.717) is 11.6 Å². The maximum absolute atomic E-state index is 10.7. The highest BCUT2D eigenvalue weighted by atomic mass is 16.3. The second-order valence-corrected chi connectivity index (χ2v) is 7.47. The molecule has 154 valence electrons. The zero-order chi connectivity index (χ0) is 20.2. The summed E-state index contributed by atoms with van der Waals surface area (Å²) >= 11 is 0. The second kappa shape index (κ2) is 8.71. The second-order valence-electron chi connectivity index (χ2n) is 7.47. The van der Waals surface area contributed by atoms with Gasteiger partial charge in [-0.25, -0.2) is 9.97 Å². The number of rotatable bonds is 7. The molecule has 9 nitrogen and oxygen atoms in total. The molecule has 0 saturated carbocycles. The largest absolute Gasteiger partial charge is 0.380 e. The average Bonchev–Trinajstić information content (AvgIpc) is 3.28. The molecule has 0 spiro atoms. The minimum absolute atomic E-state index is 0.667. The number of aryl methyl sites for hydroxylation is 2. The van der Waals surface area contributed by atoms with E-state index in [1.165, 1.54) is 0 Å². The summed E-state index contributed by atoms with van der Waals surface area (Å²) in [5.41, 5.74) is 3.61. The van der Waals surface area contributed by atoms with Crippen LogP contribution in [0.15, 0.2) is 30.7 Å². The van der Waals surface area contributed by atoms with Gasteiger partial charge < -0.3 is 10.4 Å². The molecule has 0 aliphatic carbocycles. The van der Waals surface area contributed by atoms with Gasteiger partial charge in [0.2, 0.25) is 5.95 Å². The fraction of sp³-hybridized carbons (Fsp3) is 0.500. The molecule has 9 heteroatoms. The standard InChI is InChI=1S/C20H28N8O/c1-3-6-21-20-22-11-15(12-23-20)13-27-8-4-9-28-16(14-27)10-17(25-28)19(29)18-5-7-24-26(18)2/h5,7,10-12,19,29H,3-4,6,8-9,13-14H2,1-2H3,(H,21,22,23)/t19-/m1/s1. The van der Waals surface area contributed by atoms with Gasteiger partial charge in [0.15, 0.2) is 0 Å². The third-order valence-electron chi connectivity index (χ3n) is 5.18. The fourth-order valence-electron chi connectivity index (χ4n) is 3.65. The highest BCUT2D eigenvalue weighted by molar-refractivity contribution is 5.25. The van der Waals surface area contributed by atoms with Crippen LogP contribution in [-0.2, 0) is 26.7 Å². The van der Waals surface area contributed by atoms with Crippen molar-refractivity contribution in [2.24, 2.45) is 7.05 Å². The molecule has 1 aliphatic heterocycles. The number of nitrogens with one attached hydrogen (secondary N) is 1. The van der Waals surface area contributed by atoms with Gasteiger partial charge in [-0.3, -0.25) is 14.3 Å². The van der Waals surface area contributed by atoms with E-state index in [9.17, 15) is 5.11 Å². The summed E-state index contributed by atoms with van der Waals surface area (Å²) in [7, 11) is 1.83. The number of aromatic nitrogens is 6. The first-order chi connectivity index (χ1) is 14.1. The SMILES string of the molecule is CCCNc1ncc(CN2CCCn3nc([C@@H](O)c4ccnn4C)cc3C2)cn1. The van der Waals surface area contributed by atoms with Crippen molar-refractivity contribution in [3.8, 4) is 0 Å². The lowest BCUT2D eigenvalue weighted by Gasteiger charge is -2.19. The molecular formula is C20H28N8O. The Labute approximate surface area is 170 Å². The summed E-state index contributed by atoms with van der Waals surface area (Å²) in [5.74, 6) is 0.679. The van der Waals surface area contributed by atoms with E-state index in [4.69, 9.17) is 0 Å². The number of aliphatic hydroxyl groups is 1. The van der Waals surface area contributed by atoms with Crippen molar-refractivity contribution >= 4 is 5.95 Å². The summed E-state index contributed by atoms with van der Waals surface area (Å²) in [5, 5.41) is 22.7. The van der Waals surface area contributed by atoms with Crippen LogP contribution in [0.5, 0.6) is 0 Å². The number of anilines is 1. The van der Waals surface area contributed by atoms with Gasteiger partial charge >= 0.3 is 0 Å². The minimum atomic E-state index is -0.771. The van der Waals surface area contributed by atoms with E-state index >= 15 is 0 Å². The molecular weight excluding hydrogens is 368 g/mol. The Bertz CT molecular complexity index is 932. The maximum Gasteiger partial charge on any atom is 0.222 e. The first kappa shape index (κ1) is 19.5. The summed E-state index contributed by atoms with van der Waals surface area (Å²) in [6.45, 7) is 6.40. The lowest BCUT2D eigenvalue weighted by Crippen LogP contribution is -2.23. The molecule has 2 N–H and O–H groups in total. The molecule has 4 heterocycles. The molecule has 0 aromatic carbocycles. The van der Waals surface area contributed by atoms with Gasteiger partial charge in [-0.1, -0.05) is 6.92 Å². The van der Waals surface area contributed by atoms with Crippen LogP contribution in [0.3, 0.4) is 0 Å². The van der Waals surface area contributed by atoms with E-state index in [-0.39, 0.29) is 0 Å². The molecule has 1 atom stereocenters. The lowest BCUT2D eigenvalue weighted by molar-refractivity contribution is 0.203. The number of fused-ring (bicyclic) bond motifs is 1. The van der Waals surface area contributed by atoms with E-state index < -0.39 is 6.10 Å². The van der Waals surface area contributed by atoms with Crippen LogP contribution >= 0.6 is 0 Å². The lowest BCUT2D eigenvalue weighted by atomic mass is 10.2. The van der Waals surface area contributed by atoms with Crippen LogP contribution in [0.25, 0.3) is 0 Å². The predicted molar refractivity (Wildman–Crippen MR) is 109 cm³/mol. The molecule has 29 heavy (non-hydrogen) atoms. The van der Waals surface area contributed by atoms with Crippen LogP contribution in [0, 0.1) is 0 Å². The topological polar surface area (TPSA) is 96.9 Å². The molecule has 3 aromatic heterocycles. The molecule has 0 amide bonds. The quantitative estimate of drug-likeness (QED) is 0.627. The molecule has 0 fully saturated rings. The van der Waals surface area contributed by atoms with Gasteiger partial charge in [0.1, 0.15) is 6.10 Å². The van der Waals surface area contributed by atoms with Crippen molar-refractivity contribution in [3.05, 3.63) is 53.4 Å². The Kier molecular flexibility index (Phi) is 5.86. The maximum atomic E-state index is 10.7. The van der Waals surface area contributed by atoms with Crippen LogP contribution in [0.4, 0.5) is 5.95 Å². The van der Waals surface area contributed by atoms with Crippen LogP contribution in [-0.4, -0.2) is 52.6 Å². The van der Waals surface area contributed by atoms with Gasteiger partial charge in [0.05, 0.1) is 17.1 Å². The van der Waals surface area contributed by atoms with Crippen LogP contribution in [0.2, 0.25) is 0 Å². The highest BCUT2D eigenvalue weighted by Crippen LogP contribution is 2.23. The highest BCUT2D eigenvalue weighted by Gasteiger charge is 2.22. The summed E-state index contributed by atoms with van der Waals surface area (Å²) < 4.78 is 3.70. The van der Waals surface area contributed by atoms with E-state index in [2.05, 4.69) is 37.3 Å². The van der Waals surface area contributed by atoms with Crippen LogP contribution < -0.4 is 5.32 Å². The molecule has 3 aromatic rings. The van der Waals surface area contributed by atoms with Crippen molar-refractivity contribution in [2.45, 2.75) is 45.5 Å². The minimum Gasteiger partial charge on any atom is -0.380 e. The zero-order valence-electron chi connectivity index (χ0n) is 17.0. The summed E-state index contributed by atoms with van der Waals surface area (Å²) in [6.07, 6.45) is 6.76. The third-order valence-corrected chi connectivity index (χ3v) is 5.18. The van der Waals surface area contributed by atoms with Crippen molar-refractivity contribution in [1.29, 1.82) is 0 Å². The molecule has 1 aliphatic rings. The number of hydrogen-bond acceptors (Lipinski definition) is 7. The molecule has 0 bridgehead atoms. The Balaban J connectivity index is 1.44. The Morgan fingerprint density at radius 3 is 2.79 bits per heavy atom. The van der Waals surface area contributed by atoms with Crippen LogP contribution in [0.1, 0.15) is 48.5 Å². The Hall–Kier alpha value is -2.78. The van der Waals surface area contributed by atoms with Gasteiger partial charge in [0.25, 0.3) is 0 Å². The molecule has 0 radical (unpaired) electrons. The first-order valence-corrected chi connectivity index (χ1v) is 10.1. The van der Waals surface area contributed by atoms with Gasteiger partial charge in [0, 0.05) is 63.9 Å².